The van der Waals surface area contributed by atoms with Crippen LogP contribution in [0.1, 0.15) is 53.4 Å². The van der Waals surface area contributed by atoms with E-state index in [0.717, 1.165) is 6.54 Å². The quantitative estimate of drug-likeness (QED) is 0.625. The second kappa shape index (κ2) is 5.59. The molecule has 0 rings (SSSR count). The topological polar surface area (TPSA) is 12.0 Å². The highest BCUT2D eigenvalue weighted by atomic mass is 15.0. The highest BCUT2D eigenvalue weighted by Crippen LogP contribution is 2.18. The van der Waals surface area contributed by atoms with Crippen molar-refractivity contribution in [1.82, 2.24) is 5.32 Å². The van der Waals surface area contributed by atoms with Crippen LogP contribution in [0.3, 0.4) is 0 Å². The SMILES string of the molecule is CCCNC(CC)(CC)CC. The van der Waals surface area contributed by atoms with Crippen molar-refractivity contribution < 1.29 is 0 Å². The molecule has 0 aliphatic heterocycles. The van der Waals surface area contributed by atoms with Gasteiger partial charge in [0.25, 0.3) is 0 Å². The van der Waals surface area contributed by atoms with Gasteiger partial charge in [-0.3, -0.25) is 0 Å². The molecule has 11 heavy (non-hydrogen) atoms. The Morgan fingerprint density at radius 1 is 0.909 bits per heavy atom. The normalized spacial score (nSPS) is 12.0. The summed E-state index contributed by atoms with van der Waals surface area (Å²) in [5.41, 5.74) is 0.427. The summed E-state index contributed by atoms with van der Waals surface area (Å²) < 4.78 is 0. The van der Waals surface area contributed by atoms with E-state index in [9.17, 15) is 0 Å². The molecule has 0 radical (unpaired) electrons. The molecule has 1 nitrogen and oxygen atoms in total. The second-order valence-corrected chi connectivity index (χ2v) is 3.27. The lowest BCUT2D eigenvalue weighted by atomic mass is 9.90. The maximum atomic E-state index is 3.63. The third-order valence-corrected chi connectivity index (χ3v) is 2.78. The molecule has 0 atom stereocenters. The molecule has 68 valence electrons. The van der Waals surface area contributed by atoms with E-state index in [0.29, 0.717) is 5.54 Å². The van der Waals surface area contributed by atoms with Crippen LogP contribution in [0.5, 0.6) is 0 Å². The molecule has 0 aromatic heterocycles. The molecule has 0 aliphatic carbocycles. The van der Waals surface area contributed by atoms with Gasteiger partial charge in [0.1, 0.15) is 0 Å². The monoisotopic (exact) mass is 157 g/mol. The van der Waals surface area contributed by atoms with Gasteiger partial charge in [-0.15, -0.1) is 0 Å². The smallest absolute Gasteiger partial charge is 0.0173 e. The minimum absolute atomic E-state index is 0.427. The van der Waals surface area contributed by atoms with Crippen LogP contribution in [0.4, 0.5) is 0 Å². The molecule has 1 heteroatoms. The van der Waals surface area contributed by atoms with E-state index in [1.165, 1.54) is 25.7 Å². The molecule has 0 spiro atoms. The summed E-state index contributed by atoms with van der Waals surface area (Å²) in [6.45, 7) is 10.2. The fourth-order valence-corrected chi connectivity index (χ4v) is 1.52. The molecule has 0 bridgehead atoms. The first-order valence-corrected chi connectivity index (χ1v) is 4.99. The van der Waals surface area contributed by atoms with Crippen molar-refractivity contribution in [2.45, 2.75) is 58.9 Å². The molecule has 0 saturated carbocycles. The van der Waals surface area contributed by atoms with Crippen molar-refractivity contribution in [3.05, 3.63) is 0 Å². The third kappa shape index (κ3) is 3.24. The predicted octanol–water partition coefficient (Wildman–Crippen LogP) is 2.95. The first-order chi connectivity index (χ1) is 5.24. The molecule has 0 fully saturated rings. The highest BCUT2D eigenvalue weighted by molar-refractivity contribution is 4.83. The van der Waals surface area contributed by atoms with Gasteiger partial charge >= 0.3 is 0 Å². The minimum Gasteiger partial charge on any atom is -0.311 e. The number of hydrogen-bond acceptors (Lipinski definition) is 1. The molecule has 0 aromatic rings. The second-order valence-electron chi connectivity index (χ2n) is 3.27. The van der Waals surface area contributed by atoms with Gasteiger partial charge in [-0.2, -0.15) is 0 Å². The Labute approximate surface area is 71.6 Å². The van der Waals surface area contributed by atoms with E-state index in [1.807, 2.05) is 0 Å². The van der Waals surface area contributed by atoms with E-state index < -0.39 is 0 Å². The summed E-state index contributed by atoms with van der Waals surface area (Å²) in [7, 11) is 0. The zero-order valence-corrected chi connectivity index (χ0v) is 8.54. The van der Waals surface area contributed by atoms with Crippen molar-refractivity contribution in [2.75, 3.05) is 6.54 Å². The average Bonchev–Trinajstić information content (AvgIpc) is 2.08. The third-order valence-electron chi connectivity index (χ3n) is 2.78. The molecule has 0 heterocycles. The summed E-state index contributed by atoms with van der Waals surface area (Å²) in [4.78, 5) is 0. The summed E-state index contributed by atoms with van der Waals surface area (Å²) in [5.74, 6) is 0. The lowest BCUT2D eigenvalue weighted by Crippen LogP contribution is -2.43. The number of hydrogen-bond donors (Lipinski definition) is 1. The van der Waals surface area contributed by atoms with Gasteiger partial charge in [0.05, 0.1) is 0 Å². The fraction of sp³-hybridized carbons (Fsp3) is 1.00. The standard InChI is InChI=1S/C10H23N/c1-5-9-11-10(6-2,7-3)8-4/h11H,5-9H2,1-4H3. The van der Waals surface area contributed by atoms with E-state index in [4.69, 9.17) is 0 Å². The van der Waals surface area contributed by atoms with Gasteiger partial charge in [-0.05, 0) is 32.2 Å². The Hall–Kier alpha value is -0.0400. The van der Waals surface area contributed by atoms with Crippen LogP contribution in [-0.4, -0.2) is 12.1 Å². The van der Waals surface area contributed by atoms with Crippen LogP contribution in [0.25, 0.3) is 0 Å². The Morgan fingerprint density at radius 3 is 1.64 bits per heavy atom. The first kappa shape index (κ1) is 11.0. The van der Waals surface area contributed by atoms with Gasteiger partial charge in [0, 0.05) is 5.54 Å². The van der Waals surface area contributed by atoms with Crippen LogP contribution >= 0.6 is 0 Å². The van der Waals surface area contributed by atoms with Crippen molar-refractivity contribution in [3.63, 3.8) is 0 Å². The Balaban J connectivity index is 3.84. The maximum Gasteiger partial charge on any atom is 0.0173 e. The summed E-state index contributed by atoms with van der Waals surface area (Å²) in [6.07, 6.45) is 4.99. The predicted molar refractivity (Wildman–Crippen MR) is 51.9 cm³/mol. The van der Waals surface area contributed by atoms with Crippen molar-refractivity contribution in [2.24, 2.45) is 0 Å². The van der Waals surface area contributed by atoms with Crippen LogP contribution in [0.2, 0.25) is 0 Å². The lowest BCUT2D eigenvalue weighted by Gasteiger charge is -2.31. The molecular weight excluding hydrogens is 134 g/mol. The summed E-state index contributed by atoms with van der Waals surface area (Å²) >= 11 is 0. The van der Waals surface area contributed by atoms with Crippen LogP contribution in [-0.2, 0) is 0 Å². The van der Waals surface area contributed by atoms with Crippen molar-refractivity contribution in [3.8, 4) is 0 Å². The zero-order valence-electron chi connectivity index (χ0n) is 8.54. The van der Waals surface area contributed by atoms with Crippen molar-refractivity contribution in [1.29, 1.82) is 0 Å². The van der Waals surface area contributed by atoms with Crippen LogP contribution in [0, 0.1) is 0 Å². The number of rotatable bonds is 6. The van der Waals surface area contributed by atoms with E-state index in [-0.39, 0.29) is 0 Å². The number of nitrogens with one attached hydrogen (secondary N) is 1. The molecule has 0 aromatic carbocycles. The van der Waals surface area contributed by atoms with E-state index >= 15 is 0 Å². The van der Waals surface area contributed by atoms with Gasteiger partial charge < -0.3 is 5.32 Å². The molecule has 0 saturated heterocycles. The van der Waals surface area contributed by atoms with Gasteiger partial charge in [0.15, 0.2) is 0 Å². The molecule has 0 amide bonds. The van der Waals surface area contributed by atoms with Gasteiger partial charge in [-0.25, -0.2) is 0 Å². The van der Waals surface area contributed by atoms with E-state index in [1.54, 1.807) is 0 Å². The van der Waals surface area contributed by atoms with E-state index in [2.05, 4.69) is 33.0 Å². The molecular formula is C10H23N. The summed E-state index contributed by atoms with van der Waals surface area (Å²) in [6, 6.07) is 0. The van der Waals surface area contributed by atoms with Crippen LogP contribution in [0.15, 0.2) is 0 Å². The Bertz CT molecular complexity index is 76.6. The highest BCUT2D eigenvalue weighted by Gasteiger charge is 2.21. The Kier molecular flexibility index (Phi) is 5.57. The Morgan fingerprint density at radius 2 is 1.36 bits per heavy atom. The zero-order chi connectivity index (χ0) is 8.74. The maximum absolute atomic E-state index is 3.63. The molecule has 0 unspecified atom stereocenters. The largest absolute Gasteiger partial charge is 0.311 e. The molecule has 1 N–H and O–H groups in total. The van der Waals surface area contributed by atoms with Crippen LogP contribution < -0.4 is 5.32 Å². The average molecular weight is 157 g/mol. The fourth-order valence-electron chi connectivity index (χ4n) is 1.52. The molecule has 0 aliphatic rings. The van der Waals surface area contributed by atoms with Crippen molar-refractivity contribution >= 4 is 0 Å². The lowest BCUT2D eigenvalue weighted by molar-refractivity contribution is 0.291. The first-order valence-electron chi connectivity index (χ1n) is 4.99. The van der Waals surface area contributed by atoms with Gasteiger partial charge in [0.2, 0.25) is 0 Å². The minimum atomic E-state index is 0.427. The summed E-state index contributed by atoms with van der Waals surface area (Å²) in [5, 5.41) is 3.63. The van der Waals surface area contributed by atoms with Gasteiger partial charge in [-0.1, -0.05) is 27.7 Å².